The molecule has 1 fully saturated rings. The molecule has 0 atom stereocenters. The summed E-state index contributed by atoms with van der Waals surface area (Å²) < 4.78 is 43.3. The van der Waals surface area contributed by atoms with E-state index in [0.29, 0.717) is 11.6 Å². The molecule has 0 saturated heterocycles. The second-order valence-corrected chi connectivity index (χ2v) is 6.07. The fourth-order valence-corrected chi connectivity index (χ4v) is 2.63. The number of amides is 1. The number of anilines is 1. The van der Waals surface area contributed by atoms with Gasteiger partial charge in [0.1, 0.15) is 0 Å². The summed E-state index contributed by atoms with van der Waals surface area (Å²) >= 11 is 0. The third kappa shape index (κ3) is 3.11. The molecule has 6 heteroatoms. The molecular weight excluding hydrogens is 295 g/mol. The van der Waals surface area contributed by atoms with Crippen molar-refractivity contribution in [3.63, 3.8) is 0 Å². The number of carbonyl (C=O) groups excluding carboxylic acids is 1. The molecule has 1 aromatic carbocycles. The van der Waals surface area contributed by atoms with Gasteiger partial charge in [-0.1, -0.05) is 26.0 Å². The number of hydrogen-bond donors (Lipinski definition) is 1. The van der Waals surface area contributed by atoms with Gasteiger partial charge in [-0.15, -0.1) is 0 Å². The Morgan fingerprint density at radius 1 is 1.27 bits per heavy atom. The fraction of sp³-hybridized carbons (Fsp3) is 0.562. The number of benzene rings is 1. The van der Waals surface area contributed by atoms with Crippen molar-refractivity contribution < 1.29 is 22.7 Å². The summed E-state index contributed by atoms with van der Waals surface area (Å²) in [5.41, 5.74) is -0.440. The zero-order valence-electron chi connectivity index (χ0n) is 12.8. The van der Waals surface area contributed by atoms with E-state index in [0.717, 1.165) is 12.7 Å². The summed E-state index contributed by atoms with van der Waals surface area (Å²) in [6.07, 6.45) is -5.11. The van der Waals surface area contributed by atoms with Crippen LogP contribution in [0.5, 0.6) is 0 Å². The highest BCUT2D eigenvalue weighted by Crippen LogP contribution is 2.51. The summed E-state index contributed by atoms with van der Waals surface area (Å²) in [4.78, 5) is 12.0. The van der Waals surface area contributed by atoms with Gasteiger partial charge >= 0.3 is 6.18 Å². The Bertz CT molecular complexity index is 531. The smallest absolute Gasteiger partial charge is 0.369 e. The molecule has 0 aromatic heterocycles. The molecule has 2 rings (SSSR count). The largest absolute Gasteiger partial charge is 0.417 e. The van der Waals surface area contributed by atoms with Gasteiger partial charge in [-0.2, -0.15) is 13.2 Å². The first kappa shape index (κ1) is 16.8. The first-order valence-corrected chi connectivity index (χ1v) is 7.21. The van der Waals surface area contributed by atoms with E-state index in [1.54, 1.807) is 12.1 Å². The molecule has 0 heterocycles. The highest BCUT2D eigenvalue weighted by Gasteiger charge is 2.64. The van der Waals surface area contributed by atoms with E-state index < -0.39 is 23.6 Å². The van der Waals surface area contributed by atoms with Crippen molar-refractivity contribution in [3.8, 4) is 0 Å². The van der Waals surface area contributed by atoms with Crippen LogP contribution in [0.15, 0.2) is 24.3 Å². The lowest BCUT2D eigenvalue weighted by Gasteiger charge is -2.46. The van der Waals surface area contributed by atoms with Crippen LogP contribution in [0.2, 0.25) is 0 Å². The Kier molecular flexibility index (Phi) is 4.52. The highest BCUT2D eigenvalue weighted by molar-refractivity contribution is 5.93. The minimum absolute atomic E-state index is 0.330. The average Bonchev–Trinajstić information content (AvgIpc) is 2.37. The molecule has 1 aromatic rings. The van der Waals surface area contributed by atoms with Gasteiger partial charge in [0.25, 0.3) is 0 Å². The number of ether oxygens (including phenoxy) is 1. The number of hydrogen-bond acceptors (Lipinski definition) is 2. The summed E-state index contributed by atoms with van der Waals surface area (Å²) in [6.45, 7) is 4.12. The van der Waals surface area contributed by atoms with Gasteiger partial charge in [0, 0.05) is 18.7 Å². The molecule has 22 heavy (non-hydrogen) atoms. The molecule has 0 spiro atoms. The third-order valence-corrected chi connectivity index (χ3v) is 4.28. The Morgan fingerprint density at radius 3 is 2.23 bits per heavy atom. The Labute approximate surface area is 127 Å². The van der Waals surface area contributed by atoms with Gasteiger partial charge in [-0.05, 0) is 36.5 Å². The van der Waals surface area contributed by atoms with Gasteiger partial charge in [0.2, 0.25) is 5.91 Å². The molecule has 1 aliphatic rings. The maximum Gasteiger partial charge on any atom is 0.417 e. The van der Waals surface area contributed by atoms with Crippen LogP contribution in [0.3, 0.4) is 0 Å². The summed E-state index contributed by atoms with van der Waals surface area (Å²) in [5, 5.41) is 2.66. The molecular formula is C16H20F3NO2. The molecule has 1 aliphatic carbocycles. The van der Waals surface area contributed by atoms with E-state index >= 15 is 0 Å². The Morgan fingerprint density at radius 2 is 1.82 bits per heavy atom. The highest BCUT2D eigenvalue weighted by atomic mass is 19.4. The lowest BCUT2D eigenvalue weighted by Crippen LogP contribution is -2.59. The number of rotatable bonds is 4. The van der Waals surface area contributed by atoms with Gasteiger partial charge in [0.05, 0.1) is 0 Å². The Hall–Kier alpha value is -1.56. The predicted octanol–water partition coefficient (Wildman–Crippen LogP) is 4.11. The van der Waals surface area contributed by atoms with Crippen LogP contribution in [0.4, 0.5) is 18.9 Å². The van der Waals surface area contributed by atoms with Crippen LogP contribution in [0, 0.1) is 5.92 Å². The van der Waals surface area contributed by atoms with Crippen LogP contribution in [-0.4, -0.2) is 24.8 Å². The molecule has 0 aliphatic heterocycles. The van der Waals surface area contributed by atoms with Crippen molar-refractivity contribution in [2.45, 2.75) is 44.4 Å². The number of methoxy groups -OCH3 is 1. The molecule has 1 amide bonds. The summed E-state index contributed by atoms with van der Waals surface area (Å²) in [6, 6.07) is 7.32. The van der Waals surface area contributed by atoms with Crippen LogP contribution in [0.25, 0.3) is 0 Å². The van der Waals surface area contributed by atoms with E-state index in [1.807, 2.05) is 12.1 Å². The van der Waals surface area contributed by atoms with Crippen LogP contribution in [-0.2, 0) is 9.53 Å². The second kappa shape index (κ2) is 5.91. The van der Waals surface area contributed by atoms with Crippen LogP contribution >= 0.6 is 0 Å². The normalized spacial score (nSPS) is 25.0. The first-order valence-electron chi connectivity index (χ1n) is 7.21. The van der Waals surface area contributed by atoms with Crippen molar-refractivity contribution in [2.24, 2.45) is 5.92 Å². The lowest BCUT2D eigenvalue weighted by atomic mass is 9.69. The monoisotopic (exact) mass is 315 g/mol. The summed E-state index contributed by atoms with van der Waals surface area (Å²) in [5.74, 6) is -0.689. The number of carbonyl (C=O) groups is 1. The minimum atomic E-state index is -4.45. The van der Waals surface area contributed by atoms with Gasteiger partial charge < -0.3 is 10.1 Å². The number of alkyl halides is 3. The molecule has 0 unspecified atom stereocenters. The predicted molar refractivity (Wildman–Crippen MR) is 77.7 cm³/mol. The van der Waals surface area contributed by atoms with Gasteiger partial charge in [-0.25, -0.2) is 0 Å². The van der Waals surface area contributed by atoms with Crippen molar-refractivity contribution in [1.29, 1.82) is 0 Å². The minimum Gasteiger partial charge on any atom is -0.369 e. The number of nitrogens with one attached hydrogen (secondary N) is 1. The van der Waals surface area contributed by atoms with Crippen molar-refractivity contribution in [2.75, 3.05) is 12.4 Å². The summed E-state index contributed by atoms with van der Waals surface area (Å²) in [7, 11) is 1.03. The fourth-order valence-electron chi connectivity index (χ4n) is 2.63. The zero-order chi connectivity index (χ0) is 16.5. The lowest BCUT2D eigenvalue weighted by molar-refractivity contribution is -0.305. The molecule has 0 bridgehead atoms. The quantitative estimate of drug-likeness (QED) is 0.908. The van der Waals surface area contributed by atoms with E-state index in [-0.39, 0.29) is 12.8 Å². The van der Waals surface area contributed by atoms with E-state index in [4.69, 9.17) is 0 Å². The van der Waals surface area contributed by atoms with Gasteiger partial charge in [0.15, 0.2) is 5.60 Å². The van der Waals surface area contributed by atoms with E-state index in [2.05, 4.69) is 23.9 Å². The zero-order valence-corrected chi connectivity index (χ0v) is 12.8. The second-order valence-electron chi connectivity index (χ2n) is 6.07. The van der Waals surface area contributed by atoms with E-state index in [9.17, 15) is 18.0 Å². The van der Waals surface area contributed by atoms with E-state index in [1.165, 1.54) is 0 Å². The molecule has 1 N–H and O–H groups in total. The van der Waals surface area contributed by atoms with Crippen molar-refractivity contribution in [1.82, 2.24) is 0 Å². The maximum atomic E-state index is 12.9. The first-order chi connectivity index (χ1) is 10.2. The van der Waals surface area contributed by atoms with Crippen LogP contribution in [0.1, 0.15) is 38.2 Å². The molecule has 0 radical (unpaired) electrons. The standard InChI is InChI=1S/C16H20F3NO2/c1-10(2)11-4-6-13(7-5-11)20-14(21)12-8-15(9-12,22-3)16(17,18)19/h4-7,10,12H,8-9H2,1-3H3,(H,20,21). The van der Waals surface area contributed by atoms with Crippen LogP contribution < -0.4 is 5.32 Å². The maximum absolute atomic E-state index is 12.9. The molecule has 1 saturated carbocycles. The molecule has 3 nitrogen and oxygen atoms in total. The van der Waals surface area contributed by atoms with Crippen molar-refractivity contribution >= 4 is 11.6 Å². The number of halogens is 3. The molecule has 122 valence electrons. The topological polar surface area (TPSA) is 38.3 Å². The van der Waals surface area contributed by atoms with Crippen molar-refractivity contribution in [3.05, 3.63) is 29.8 Å². The van der Waals surface area contributed by atoms with Gasteiger partial charge in [-0.3, -0.25) is 4.79 Å². The SMILES string of the molecule is COC1(C(F)(F)F)CC(C(=O)Nc2ccc(C(C)C)cc2)C1. The Balaban J connectivity index is 1.95. The third-order valence-electron chi connectivity index (χ3n) is 4.28. The average molecular weight is 315 g/mol.